The van der Waals surface area contributed by atoms with Gasteiger partial charge in [0.05, 0.1) is 11.5 Å². The number of carbonyl (C=O) groups is 2. The van der Waals surface area contributed by atoms with Crippen molar-refractivity contribution in [3.05, 3.63) is 0 Å². The van der Waals surface area contributed by atoms with E-state index in [1.54, 1.807) is 0 Å². The van der Waals surface area contributed by atoms with E-state index in [0.717, 1.165) is 44.9 Å². The number of likely N-dealkylation sites (tertiary alicyclic amines) is 1. The van der Waals surface area contributed by atoms with Gasteiger partial charge in [0.2, 0.25) is 5.91 Å². The van der Waals surface area contributed by atoms with Crippen LogP contribution in [0.3, 0.4) is 0 Å². The Morgan fingerprint density at radius 2 is 1.86 bits per heavy atom. The molecule has 3 saturated carbocycles. The number of aliphatic hydroxyl groups is 1. The molecule has 0 aromatic heterocycles. The molecular formula is C22H36N2O4. The van der Waals surface area contributed by atoms with Crippen molar-refractivity contribution >= 4 is 12.0 Å². The lowest BCUT2D eigenvalue weighted by Crippen LogP contribution is -2.58. The van der Waals surface area contributed by atoms with Gasteiger partial charge in [-0.25, -0.2) is 4.79 Å². The van der Waals surface area contributed by atoms with Crippen LogP contribution in [0.4, 0.5) is 4.79 Å². The van der Waals surface area contributed by atoms with Gasteiger partial charge < -0.3 is 20.1 Å². The van der Waals surface area contributed by atoms with Crippen LogP contribution >= 0.6 is 0 Å². The van der Waals surface area contributed by atoms with Crippen LogP contribution in [0.1, 0.15) is 72.1 Å². The van der Waals surface area contributed by atoms with Gasteiger partial charge in [-0.2, -0.15) is 0 Å². The molecule has 6 nitrogen and oxygen atoms in total. The van der Waals surface area contributed by atoms with E-state index in [9.17, 15) is 14.7 Å². The summed E-state index contributed by atoms with van der Waals surface area (Å²) in [5.74, 6) is 0.990. The number of piperidine rings is 1. The highest BCUT2D eigenvalue weighted by molar-refractivity contribution is 5.82. The number of nitrogens with one attached hydrogen (secondary N) is 1. The predicted molar refractivity (Wildman–Crippen MR) is 106 cm³/mol. The zero-order valence-electron chi connectivity index (χ0n) is 17.6. The maximum Gasteiger partial charge on any atom is 0.407 e. The minimum atomic E-state index is -0.572. The van der Waals surface area contributed by atoms with E-state index in [-0.39, 0.29) is 23.8 Å². The Hall–Kier alpha value is -1.30. The summed E-state index contributed by atoms with van der Waals surface area (Å²) in [6, 6.07) is -0.117. The lowest BCUT2D eigenvalue weighted by atomic mass is 9.71. The molecule has 4 aliphatic rings. The Kier molecular flexibility index (Phi) is 5.13. The molecule has 2 bridgehead atoms. The molecule has 1 heterocycles. The van der Waals surface area contributed by atoms with Crippen LogP contribution in [0, 0.1) is 23.7 Å². The maximum atomic E-state index is 13.5. The second-order valence-electron chi connectivity index (χ2n) is 10.6. The normalized spacial score (nSPS) is 40.1. The number of hydrogen-bond acceptors (Lipinski definition) is 4. The van der Waals surface area contributed by atoms with Gasteiger partial charge in [0, 0.05) is 25.0 Å². The molecule has 6 atom stereocenters. The number of hydrogen-bond donors (Lipinski definition) is 2. The molecular weight excluding hydrogens is 356 g/mol. The first kappa shape index (κ1) is 20.0. The van der Waals surface area contributed by atoms with Gasteiger partial charge in [-0.15, -0.1) is 0 Å². The van der Waals surface area contributed by atoms with E-state index in [2.05, 4.69) is 5.32 Å². The minimum absolute atomic E-state index is 0.117. The summed E-state index contributed by atoms with van der Waals surface area (Å²) in [6.07, 6.45) is 7.58. The summed E-state index contributed by atoms with van der Waals surface area (Å²) in [5, 5.41) is 14.0. The van der Waals surface area contributed by atoms with Crippen LogP contribution in [0.25, 0.3) is 0 Å². The molecule has 158 valence electrons. The maximum absolute atomic E-state index is 13.5. The van der Waals surface area contributed by atoms with Gasteiger partial charge in [0.15, 0.2) is 0 Å². The molecule has 1 saturated heterocycles. The number of alkyl carbamates (subject to hydrolysis) is 1. The molecule has 6 heteroatoms. The predicted octanol–water partition coefficient (Wildman–Crippen LogP) is 3.08. The molecule has 0 unspecified atom stereocenters. The molecule has 0 radical (unpaired) electrons. The molecule has 1 aliphatic heterocycles. The second kappa shape index (κ2) is 7.19. The Balaban J connectivity index is 1.44. The van der Waals surface area contributed by atoms with Crippen molar-refractivity contribution in [1.82, 2.24) is 10.2 Å². The fraction of sp³-hybridized carbons (Fsp3) is 0.909. The third kappa shape index (κ3) is 3.77. The fourth-order valence-corrected chi connectivity index (χ4v) is 6.28. The molecule has 28 heavy (non-hydrogen) atoms. The van der Waals surface area contributed by atoms with Crippen LogP contribution in [0.2, 0.25) is 0 Å². The van der Waals surface area contributed by atoms with E-state index in [4.69, 9.17) is 4.74 Å². The summed E-state index contributed by atoms with van der Waals surface area (Å²) in [4.78, 5) is 27.9. The number of fused-ring (bicyclic) bond motifs is 3. The van der Waals surface area contributed by atoms with Crippen molar-refractivity contribution in [1.29, 1.82) is 0 Å². The number of ether oxygens (including phenoxy) is 1. The Bertz CT molecular complexity index is 631. The molecule has 2 amide bonds. The van der Waals surface area contributed by atoms with Gasteiger partial charge in [0.1, 0.15) is 5.60 Å². The van der Waals surface area contributed by atoms with Gasteiger partial charge in [-0.3, -0.25) is 4.79 Å². The number of amides is 2. The van der Waals surface area contributed by atoms with E-state index in [1.165, 1.54) is 0 Å². The SMILES string of the molecule is CC(C)(C)OC(=O)N[C@@H]1[C@H]2CC[C@@H](C2)[C@@H]1C(=O)N1CC[C@]2(O)CCCC[C@@H]2C1. The van der Waals surface area contributed by atoms with Crippen molar-refractivity contribution in [2.24, 2.45) is 23.7 Å². The van der Waals surface area contributed by atoms with Crippen molar-refractivity contribution in [3.63, 3.8) is 0 Å². The molecule has 4 fully saturated rings. The van der Waals surface area contributed by atoms with Crippen molar-refractivity contribution < 1.29 is 19.4 Å². The van der Waals surface area contributed by atoms with E-state index in [1.807, 2.05) is 25.7 Å². The number of rotatable bonds is 2. The standard InChI is InChI=1S/C22H36N2O4/c1-21(2,3)28-20(26)23-18-15-8-7-14(12-15)17(18)19(25)24-11-10-22(27)9-5-4-6-16(22)13-24/h14-18,27H,4-13H2,1-3H3,(H,23,26)/t14-,15-,16+,17-,18+,22+/m0/s1. The highest BCUT2D eigenvalue weighted by Gasteiger charge is 2.54. The van der Waals surface area contributed by atoms with Crippen LogP contribution in [0.15, 0.2) is 0 Å². The van der Waals surface area contributed by atoms with E-state index in [0.29, 0.717) is 31.3 Å². The topological polar surface area (TPSA) is 78.9 Å². The van der Waals surface area contributed by atoms with Gasteiger partial charge >= 0.3 is 6.09 Å². The number of carbonyl (C=O) groups excluding carboxylic acids is 2. The summed E-state index contributed by atoms with van der Waals surface area (Å²) in [6.45, 7) is 6.88. The van der Waals surface area contributed by atoms with E-state index < -0.39 is 17.3 Å². The highest BCUT2D eigenvalue weighted by Crippen LogP contribution is 2.50. The molecule has 3 aliphatic carbocycles. The molecule has 4 rings (SSSR count). The molecule has 2 N–H and O–H groups in total. The van der Waals surface area contributed by atoms with Crippen LogP contribution < -0.4 is 5.32 Å². The van der Waals surface area contributed by atoms with Crippen LogP contribution in [-0.2, 0) is 9.53 Å². The quantitative estimate of drug-likeness (QED) is 0.757. The Morgan fingerprint density at radius 1 is 1.11 bits per heavy atom. The summed E-state index contributed by atoms with van der Waals surface area (Å²) in [7, 11) is 0. The average Bonchev–Trinajstić information content (AvgIpc) is 3.20. The Labute approximate surface area is 168 Å². The summed E-state index contributed by atoms with van der Waals surface area (Å²) < 4.78 is 5.46. The first-order valence-corrected chi connectivity index (χ1v) is 11.2. The van der Waals surface area contributed by atoms with Gasteiger partial charge in [-0.05, 0) is 71.1 Å². The van der Waals surface area contributed by atoms with Gasteiger partial charge in [0.25, 0.3) is 0 Å². The fourth-order valence-electron chi connectivity index (χ4n) is 6.28. The first-order valence-electron chi connectivity index (χ1n) is 11.2. The molecule has 0 aromatic carbocycles. The van der Waals surface area contributed by atoms with Crippen molar-refractivity contribution in [3.8, 4) is 0 Å². The second-order valence-corrected chi connectivity index (χ2v) is 10.6. The van der Waals surface area contributed by atoms with Crippen molar-refractivity contribution in [2.75, 3.05) is 13.1 Å². The lowest BCUT2D eigenvalue weighted by molar-refractivity contribution is -0.149. The largest absolute Gasteiger partial charge is 0.444 e. The van der Waals surface area contributed by atoms with Crippen LogP contribution in [0.5, 0.6) is 0 Å². The average molecular weight is 393 g/mol. The summed E-state index contributed by atoms with van der Waals surface area (Å²) in [5.41, 5.74) is -1.11. The zero-order chi connectivity index (χ0) is 20.1. The van der Waals surface area contributed by atoms with Gasteiger partial charge in [-0.1, -0.05) is 12.8 Å². The highest BCUT2D eigenvalue weighted by atomic mass is 16.6. The number of nitrogens with zero attached hydrogens (tertiary/aromatic N) is 1. The zero-order valence-corrected chi connectivity index (χ0v) is 17.6. The Morgan fingerprint density at radius 3 is 2.61 bits per heavy atom. The molecule has 0 spiro atoms. The lowest BCUT2D eigenvalue weighted by Gasteiger charge is -2.48. The third-order valence-corrected chi connectivity index (χ3v) is 7.62. The van der Waals surface area contributed by atoms with Crippen LogP contribution in [-0.4, -0.2) is 52.3 Å². The third-order valence-electron chi connectivity index (χ3n) is 7.62. The van der Waals surface area contributed by atoms with E-state index >= 15 is 0 Å². The summed E-state index contributed by atoms with van der Waals surface area (Å²) >= 11 is 0. The minimum Gasteiger partial charge on any atom is -0.444 e. The monoisotopic (exact) mass is 392 g/mol. The first-order chi connectivity index (χ1) is 13.2. The van der Waals surface area contributed by atoms with Crippen molar-refractivity contribution in [2.45, 2.75) is 89.4 Å². The smallest absolute Gasteiger partial charge is 0.407 e. The molecule has 0 aromatic rings.